The first-order valence-corrected chi connectivity index (χ1v) is 9.35. The van der Waals surface area contributed by atoms with E-state index < -0.39 is 9.05 Å². The SMILES string of the molecule is Cc1ccc(C(=O)N2CCC(C)C(C)C2)cc1S(=O)(=O)Cl. The van der Waals surface area contributed by atoms with Gasteiger partial charge in [0.1, 0.15) is 0 Å². The molecule has 1 fully saturated rings. The molecule has 0 bridgehead atoms. The molecule has 0 saturated carbocycles. The van der Waals surface area contributed by atoms with Crippen LogP contribution in [0.25, 0.3) is 0 Å². The van der Waals surface area contributed by atoms with Crippen LogP contribution in [-0.2, 0) is 9.05 Å². The third-order valence-corrected chi connectivity index (χ3v) is 5.78. The molecule has 0 spiro atoms. The minimum atomic E-state index is -3.84. The van der Waals surface area contributed by atoms with Crippen molar-refractivity contribution in [2.75, 3.05) is 13.1 Å². The van der Waals surface area contributed by atoms with E-state index in [1.165, 1.54) is 6.07 Å². The van der Waals surface area contributed by atoms with Crippen LogP contribution in [0.1, 0.15) is 36.2 Å². The zero-order valence-electron chi connectivity index (χ0n) is 12.5. The van der Waals surface area contributed by atoms with Crippen molar-refractivity contribution in [1.29, 1.82) is 0 Å². The smallest absolute Gasteiger partial charge is 0.261 e. The van der Waals surface area contributed by atoms with Gasteiger partial charge >= 0.3 is 0 Å². The zero-order chi connectivity index (χ0) is 15.8. The number of nitrogens with zero attached hydrogens (tertiary/aromatic N) is 1. The molecule has 1 saturated heterocycles. The van der Waals surface area contributed by atoms with Gasteiger partial charge in [-0.25, -0.2) is 8.42 Å². The molecule has 0 aromatic heterocycles. The molecule has 2 atom stereocenters. The van der Waals surface area contributed by atoms with Gasteiger partial charge in [-0.3, -0.25) is 4.79 Å². The van der Waals surface area contributed by atoms with Crippen LogP contribution in [0.3, 0.4) is 0 Å². The van der Waals surface area contributed by atoms with Crippen molar-refractivity contribution in [3.8, 4) is 0 Å². The second kappa shape index (κ2) is 5.97. The summed E-state index contributed by atoms with van der Waals surface area (Å²) in [6.45, 7) is 7.40. The fourth-order valence-corrected chi connectivity index (χ4v) is 3.84. The van der Waals surface area contributed by atoms with Crippen molar-refractivity contribution in [3.63, 3.8) is 0 Å². The highest BCUT2D eigenvalue weighted by Crippen LogP contribution is 2.25. The highest BCUT2D eigenvalue weighted by Gasteiger charge is 2.27. The van der Waals surface area contributed by atoms with Crippen LogP contribution in [0.2, 0.25) is 0 Å². The van der Waals surface area contributed by atoms with Gasteiger partial charge in [-0.05, 0) is 42.9 Å². The van der Waals surface area contributed by atoms with Crippen molar-refractivity contribution < 1.29 is 13.2 Å². The lowest BCUT2D eigenvalue weighted by molar-refractivity contribution is 0.0627. The Bertz CT molecular complexity index is 657. The van der Waals surface area contributed by atoms with Gasteiger partial charge in [0.05, 0.1) is 4.90 Å². The van der Waals surface area contributed by atoms with E-state index in [1.807, 2.05) is 0 Å². The van der Waals surface area contributed by atoms with Crippen molar-refractivity contribution in [2.45, 2.75) is 32.1 Å². The van der Waals surface area contributed by atoms with E-state index in [0.717, 1.165) is 6.42 Å². The van der Waals surface area contributed by atoms with Crippen LogP contribution >= 0.6 is 10.7 Å². The van der Waals surface area contributed by atoms with E-state index in [-0.39, 0.29) is 10.8 Å². The maximum atomic E-state index is 12.5. The van der Waals surface area contributed by atoms with E-state index in [4.69, 9.17) is 10.7 Å². The van der Waals surface area contributed by atoms with Crippen LogP contribution in [0, 0.1) is 18.8 Å². The summed E-state index contributed by atoms with van der Waals surface area (Å²) in [6.07, 6.45) is 0.972. The molecule has 116 valence electrons. The number of piperidine rings is 1. The molecule has 1 aliphatic heterocycles. The molecule has 1 aromatic rings. The summed E-state index contributed by atoms with van der Waals surface area (Å²) in [5.41, 5.74) is 0.920. The Labute approximate surface area is 130 Å². The van der Waals surface area contributed by atoms with Crippen molar-refractivity contribution in [2.24, 2.45) is 11.8 Å². The molecule has 21 heavy (non-hydrogen) atoms. The Kier molecular flexibility index (Phi) is 4.63. The first-order chi connectivity index (χ1) is 9.70. The molecule has 6 heteroatoms. The molecular weight excluding hydrogens is 310 g/mol. The molecule has 1 aromatic carbocycles. The maximum Gasteiger partial charge on any atom is 0.261 e. The van der Waals surface area contributed by atoms with Crippen LogP contribution in [0.5, 0.6) is 0 Å². The van der Waals surface area contributed by atoms with Gasteiger partial charge in [-0.1, -0.05) is 19.9 Å². The first-order valence-electron chi connectivity index (χ1n) is 7.04. The van der Waals surface area contributed by atoms with Crippen LogP contribution in [0.15, 0.2) is 23.1 Å². The third-order valence-electron chi connectivity index (χ3n) is 4.32. The third kappa shape index (κ3) is 3.58. The number of hydrogen-bond donors (Lipinski definition) is 0. The maximum absolute atomic E-state index is 12.5. The molecular formula is C15H20ClNO3S. The summed E-state index contributed by atoms with van der Waals surface area (Å²) in [6, 6.07) is 4.66. The van der Waals surface area contributed by atoms with E-state index in [0.29, 0.717) is 36.1 Å². The highest BCUT2D eigenvalue weighted by atomic mass is 35.7. The predicted molar refractivity (Wildman–Crippen MR) is 83.1 cm³/mol. The van der Waals surface area contributed by atoms with Crippen molar-refractivity contribution >= 4 is 25.6 Å². The molecule has 4 nitrogen and oxygen atoms in total. The van der Waals surface area contributed by atoms with E-state index in [9.17, 15) is 13.2 Å². The Hall–Kier alpha value is -1.07. The summed E-state index contributed by atoms with van der Waals surface area (Å²) < 4.78 is 23.1. The number of halogens is 1. The Morgan fingerprint density at radius 1 is 1.29 bits per heavy atom. The lowest BCUT2D eigenvalue weighted by Crippen LogP contribution is -2.42. The van der Waals surface area contributed by atoms with Gasteiger partial charge in [-0.15, -0.1) is 0 Å². The molecule has 0 N–H and O–H groups in total. The minimum Gasteiger partial charge on any atom is -0.338 e. The number of hydrogen-bond acceptors (Lipinski definition) is 3. The first kappa shape index (κ1) is 16.3. The average Bonchev–Trinajstić information content (AvgIpc) is 2.40. The summed E-state index contributed by atoms with van der Waals surface area (Å²) in [7, 11) is 1.58. The Balaban J connectivity index is 2.28. The zero-order valence-corrected chi connectivity index (χ0v) is 14.0. The standard InChI is InChI=1S/C15H20ClNO3S/c1-10-6-7-17(9-12(10)3)15(18)13-5-4-11(2)14(8-13)21(16,19)20/h4-5,8,10,12H,6-7,9H2,1-3H3. The van der Waals surface area contributed by atoms with Gasteiger partial charge in [0.25, 0.3) is 15.0 Å². The quantitative estimate of drug-likeness (QED) is 0.784. The topological polar surface area (TPSA) is 54.5 Å². The molecule has 1 aliphatic rings. The number of benzene rings is 1. The number of carbonyl (C=O) groups is 1. The highest BCUT2D eigenvalue weighted by molar-refractivity contribution is 8.13. The molecule has 2 rings (SSSR count). The van der Waals surface area contributed by atoms with Crippen molar-refractivity contribution in [3.05, 3.63) is 29.3 Å². The van der Waals surface area contributed by atoms with Gasteiger partial charge in [0, 0.05) is 29.3 Å². The van der Waals surface area contributed by atoms with E-state index in [1.54, 1.807) is 24.0 Å². The lowest BCUT2D eigenvalue weighted by atomic mass is 9.88. The number of amides is 1. The summed E-state index contributed by atoms with van der Waals surface area (Å²) in [5.74, 6) is 0.922. The fraction of sp³-hybridized carbons (Fsp3) is 0.533. The normalized spacial score (nSPS) is 23.1. The molecule has 0 aliphatic carbocycles. The molecule has 1 amide bonds. The predicted octanol–water partition coefficient (Wildman–Crippen LogP) is 3.04. The summed E-state index contributed by atoms with van der Waals surface area (Å²) in [5, 5.41) is 0. The van der Waals surface area contributed by atoms with Crippen LogP contribution in [-0.4, -0.2) is 32.3 Å². The van der Waals surface area contributed by atoms with Gasteiger partial charge in [0.2, 0.25) is 0 Å². The van der Waals surface area contributed by atoms with Crippen LogP contribution < -0.4 is 0 Å². The number of likely N-dealkylation sites (tertiary alicyclic amines) is 1. The van der Waals surface area contributed by atoms with E-state index >= 15 is 0 Å². The van der Waals surface area contributed by atoms with Gasteiger partial charge in [-0.2, -0.15) is 0 Å². The summed E-state index contributed by atoms with van der Waals surface area (Å²) >= 11 is 0. The fourth-order valence-electron chi connectivity index (χ4n) is 2.63. The van der Waals surface area contributed by atoms with Crippen LogP contribution in [0.4, 0.5) is 0 Å². The molecule has 2 unspecified atom stereocenters. The van der Waals surface area contributed by atoms with Gasteiger partial charge < -0.3 is 4.90 Å². The van der Waals surface area contributed by atoms with Crippen molar-refractivity contribution in [1.82, 2.24) is 4.90 Å². The second-order valence-electron chi connectivity index (χ2n) is 5.91. The molecule has 0 radical (unpaired) electrons. The average molecular weight is 330 g/mol. The van der Waals surface area contributed by atoms with Gasteiger partial charge in [0.15, 0.2) is 0 Å². The Morgan fingerprint density at radius 2 is 1.95 bits per heavy atom. The number of rotatable bonds is 2. The number of carbonyl (C=O) groups excluding carboxylic acids is 1. The molecule has 1 heterocycles. The number of aryl methyl sites for hydroxylation is 1. The van der Waals surface area contributed by atoms with E-state index in [2.05, 4.69) is 13.8 Å². The lowest BCUT2D eigenvalue weighted by Gasteiger charge is -2.35. The monoisotopic (exact) mass is 329 g/mol. The largest absolute Gasteiger partial charge is 0.338 e. The second-order valence-corrected chi connectivity index (χ2v) is 8.45. The minimum absolute atomic E-state index is 0.00782. The summed E-state index contributed by atoms with van der Waals surface area (Å²) in [4.78, 5) is 14.3. The Morgan fingerprint density at radius 3 is 2.52 bits per heavy atom.